The number of ether oxygens (including phenoxy) is 4. The van der Waals surface area contributed by atoms with Crippen molar-refractivity contribution in [2.45, 2.75) is 44.6 Å². The summed E-state index contributed by atoms with van der Waals surface area (Å²) in [5.74, 6) is 0.140. The molecule has 3 atom stereocenters. The molecule has 12 heteroatoms. The molecule has 46 heavy (non-hydrogen) atoms. The summed E-state index contributed by atoms with van der Waals surface area (Å²) >= 11 is 14.1. The molecule has 0 saturated heterocycles. The van der Waals surface area contributed by atoms with Gasteiger partial charge in [-0.05, 0) is 54.4 Å². The third kappa shape index (κ3) is 9.20. The number of halogens is 2. The lowest BCUT2D eigenvalue weighted by Crippen LogP contribution is -2.35. The Kier molecular flexibility index (Phi) is 13.2. The van der Waals surface area contributed by atoms with Crippen LogP contribution in [0.25, 0.3) is 0 Å². The molecule has 4 rings (SSSR count). The lowest BCUT2D eigenvalue weighted by atomic mass is 10.0. The number of likely N-dealkylation sites (N-methyl/N-ethyl adjacent to an activating group) is 1. The van der Waals surface area contributed by atoms with E-state index in [1.165, 1.54) is 30.8 Å². The second-order valence-electron chi connectivity index (χ2n) is 10.3. The second-order valence-corrected chi connectivity index (χ2v) is 12.3. The van der Waals surface area contributed by atoms with Crippen LogP contribution in [0.5, 0.6) is 11.5 Å². The SMILES string of the molecule is CC[C@@H](CNC)OC(=O)C(NCc1ccc(C(=O)O[C@@H](Cc2c(Cl)cncc2Cl)c2ccc(OC)c(OC)c2)s1)c1ccccc1. The number of carbonyl (C=O) groups excluding carboxylic acids is 2. The van der Waals surface area contributed by atoms with Crippen LogP contribution >= 0.6 is 34.5 Å². The summed E-state index contributed by atoms with van der Waals surface area (Å²) in [6.07, 6.45) is 2.88. The highest BCUT2D eigenvalue weighted by Crippen LogP contribution is 2.36. The van der Waals surface area contributed by atoms with Gasteiger partial charge in [0.2, 0.25) is 0 Å². The molecule has 0 aliphatic heterocycles. The van der Waals surface area contributed by atoms with Crippen LogP contribution < -0.4 is 20.1 Å². The molecule has 0 fully saturated rings. The van der Waals surface area contributed by atoms with Gasteiger partial charge in [0.15, 0.2) is 11.5 Å². The Hall–Kier alpha value is -3.67. The molecule has 1 unspecified atom stereocenters. The van der Waals surface area contributed by atoms with Crippen molar-refractivity contribution in [1.29, 1.82) is 0 Å². The molecule has 0 radical (unpaired) electrons. The van der Waals surface area contributed by atoms with E-state index in [1.807, 2.05) is 50.4 Å². The van der Waals surface area contributed by atoms with E-state index < -0.39 is 18.1 Å². The number of nitrogens with zero attached hydrogens (tertiary/aromatic N) is 1. The van der Waals surface area contributed by atoms with Gasteiger partial charge in [0.25, 0.3) is 0 Å². The molecule has 0 aliphatic carbocycles. The first-order valence-corrected chi connectivity index (χ1v) is 16.3. The Bertz CT molecular complexity index is 1580. The fraction of sp³-hybridized carbons (Fsp3) is 0.324. The number of pyridine rings is 1. The van der Waals surface area contributed by atoms with Crippen LogP contribution in [0.4, 0.5) is 0 Å². The normalized spacial score (nSPS) is 13.0. The Morgan fingerprint density at radius 1 is 0.913 bits per heavy atom. The van der Waals surface area contributed by atoms with Crippen LogP contribution in [0.15, 0.2) is 73.1 Å². The highest BCUT2D eigenvalue weighted by Gasteiger charge is 2.26. The Balaban J connectivity index is 1.52. The number of carbonyl (C=O) groups is 2. The minimum absolute atomic E-state index is 0.203. The molecule has 0 bridgehead atoms. The van der Waals surface area contributed by atoms with Crippen LogP contribution in [-0.2, 0) is 27.2 Å². The van der Waals surface area contributed by atoms with Crippen LogP contribution in [0.3, 0.4) is 0 Å². The third-order valence-corrected chi connectivity index (χ3v) is 8.97. The van der Waals surface area contributed by atoms with E-state index in [4.69, 9.17) is 42.1 Å². The standard InChI is InChI=1S/C34H37Cl2N3O6S/c1-5-23(17-37-2)44-34(41)32(21-9-7-6-8-10-21)39-18-24-12-14-31(46-24)33(40)45-29(16-25-26(35)19-38-20-27(25)36)22-11-13-28(42-3)30(15-22)43-4/h6-15,19-20,23,29,32,37,39H,5,16-18H2,1-4H3/t23-,29-,32?/m0/s1. The first-order chi connectivity index (χ1) is 22.3. The van der Waals surface area contributed by atoms with Crippen molar-refractivity contribution in [1.82, 2.24) is 15.6 Å². The Morgan fingerprint density at radius 2 is 1.63 bits per heavy atom. The van der Waals surface area contributed by atoms with Gasteiger partial charge in [-0.15, -0.1) is 11.3 Å². The molecular formula is C34H37Cl2N3O6S. The molecule has 0 saturated carbocycles. The fourth-order valence-corrected chi connectivity index (χ4v) is 6.14. The van der Waals surface area contributed by atoms with Gasteiger partial charge in [0.1, 0.15) is 23.1 Å². The van der Waals surface area contributed by atoms with Gasteiger partial charge in [0.05, 0.1) is 24.3 Å². The number of rotatable bonds is 16. The van der Waals surface area contributed by atoms with Crippen molar-refractivity contribution in [2.75, 3.05) is 27.8 Å². The predicted octanol–water partition coefficient (Wildman–Crippen LogP) is 6.98. The molecule has 2 heterocycles. The zero-order valence-electron chi connectivity index (χ0n) is 26.0. The summed E-state index contributed by atoms with van der Waals surface area (Å²) in [5, 5.41) is 7.10. The number of methoxy groups -OCH3 is 2. The quantitative estimate of drug-likeness (QED) is 0.121. The maximum Gasteiger partial charge on any atom is 0.348 e. The van der Waals surface area contributed by atoms with E-state index in [9.17, 15) is 9.59 Å². The fourth-order valence-electron chi connectivity index (χ4n) is 4.78. The molecule has 2 aromatic heterocycles. The van der Waals surface area contributed by atoms with Crippen LogP contribution in [-0.4, -0.2) is 50.8 Å². The minimum atomic E-state index is -0.755. The Morgan fingerprint density at radius 3 is 2.28 bits per heavy atom. The summed E-state index contributed by atoms with van der Waals surface area (Å²) in [4.78, 5) is 32.0. The monoisotopic (exact) mass is 685 g/mol. The predicted molar refractivity (Wildman–Crippen MR) is 180 cm³/mol. The van der Waals surface area contributed by atoms with Crippen LogP contribution in [0, 0.1) is 0 Å². The zero-order chi connectivity index (χ0) is 33.1. The molecule has 9 nitrogen and oxygen atoms in total. The summed E-state index contributed by atoms with van der Waals surface area (Å²) in [6, 6.07) is 17.6. The number of benzene rings is 2. The van der Waals surface area contributed by atoms with Crippen molar-refractivity contribution in [3.8, 4) is 11.5 Å². The molecule has 0 amide bonds. The molecule has 2 N–H and O–H groups in total. The number of nitrogens with one attached hydrogen (secondary N) is 2. The van der Waals surface area contributed by atoms with Gasteiger partial charge < -0.3 is 24.3 Å². The highest BCUT2D eigenvalue weighted by atomic mass is 35.5. The van der Waals surface area contributed by atoms with Gasteiger partial charge >= 0.3 is 11.9 Å². The summed E-state index contributed by atoms with van der Waals surface area (Å²) in [6.45, 7) is 2.86. The van der Waals surface area contributed by atoms with Crippen molar-refractivity contribution in [2.24, 2.45) is 0 Å². The largest absolute Gasteiger partial charge is 0.493 e. The topological polar surface area (TPSA) is 108 Å². The van der Waals surface area contributed by atoms with Crippen molar-refractivity contribution < 1.29 is 28.5 Å². The average Bonchev–Trinajstić information content (AvgIpc) is 3.55. The third-order valence-electron chi connectivity index (χ3n) is 7.25. The van der Waals surface area contributed by atoms with Crippen LogP contribution in [0.1, 0.15) is 56.7 Å². The van der Waals surface area contributed by atoms with E-state index in [0.29, 0.717) is 57.1 Å². The van der Waals surface area contributed by atoms with Crippen molar-refractivity contribution >= 4 is 46.5 Å². The highest BCUT2D eigenvalue weighted by molar-refractivity contribution is 7.13. The van der Waals surface area contributed by atoms with E-state index in [-0.39, 0.29) is 18.5 Å². The van der Waals surface area contributed by atoms with E-state index in [2.05, 4.69) is 15.6 Å². The average molecular weight is 687 g/mol. The number of aromatic nitrogens is 1. The number of hydrogen-bond donors (Lipinski definition) is 2. The number of hydrogen-bond acceptors (Lipinski definition) is 10. The van der Waals surface area contributed by atoms with Crippen LogP contribution in [0.2, 0.25) is 10.0 Å². The van der Waals surface area contributed by atoms with E-state index in [0.717, 1.165) is 10.4 Å². The Labute approximate surface area is 283 Å². The second kappa shape index (κ2) is 17.3. The minimum Gasteiger partial charge on any atom is -0.493 e. The molecule has 0 aliphatic rings. The van der Waals surface area contributed by atoms with Crippen molar-refractivity contribution in [3.63, 3.8) is 0 Å². The smallest absolute Gasteiger partial charge is 0.348 e. The first-order valence-electron chi connectivity index (χ1n) is 14.7. The maximum absolute atomic E-state index is 13.5. The van der Waals surface area contributed by atoms with Gasteiger partial charge in [-0.2, -0.15) is 0 Å². The summed E-state index contributed by atoms with van der Waals surface area (Å²) < 4.78 is 22.7. The van der Waals surface area contributed by atoms with Gasteiger partial charge in [-0.25, -0.2) is 9.59 Å². The maximum atomic E-state index is 13.5. The van der Waals surface area contributed by atoms with Crippen molar-refractivity contribution in [3.05, 3.63) is 110 Å². The van der Waals surface area contributed by atoms with E-state index >= 15 is 0 Å². The lowest BCUT2D eigenvalue weighted by Gasteiger charge is -2.22. The summed E-state index contributed by atoms with van der Waals surface area (Å²) in [7, 11) is 4.90. The molecule has 244 valence electrons. The first kappa shape index (κ1) is 35.2. The van der Waals surface area contributed by atoms with Gasteiger partial charge in [-0.1, -0.05) is 66.5 Å². The zero-order valence-corrected chi connectivity index (χ0v) is 28.4. The molecule has 0 spiro atoms. The molecular weight excluding hydrogens is 649 g/mol. The number of esters is 2. The lowest BCUT2D eigenvalue weighted by molar-refractivity contribution is -0.151. The van der Waals surface area contributed by atoms with E-state index in [1.54, 1.807) is 31.4 Å². The van der Waals surface area contributed by atoms with Gasteiger partial charge in [-0.3, -0.25) is 10.3 Å². The number of thiophene rings is 1. The molecule has 2 aromatic carbocycles. The van der Waals surface area contributed by atoms with Gasteiger partial charge in [0, 0.05) is 36.8 Å². The summed E-state index contributed by atoms with van der Waals surface area (Å²) in [5.41, 5.74) is 2.05. The molecule has 4 aromatic rings.